The summed E-state index contributed by atoms with van der Waals surface area (Å²) in [6, 6.07) is 18.4. The lowest BCUT2D eigenvalue weighted by atomic mass is 10.1. The van der Waals surface area contributed by atoms with Crippen molar-refractivity contribution in [2.24, 2.45) is 5.16 Å². The first-order valence-electron chi connectivity index (χ1n) is 12.7. The van der Waals surface area contributed by atoms with Gasteiger partial charge < -0.3 is 14.1 Å². The fraction of sp³-hybridized carbons (Fsp3) is 0.179. The van der Waals surface area contributed by atoms with Crippen LogP contribution in [-0.4, -0.2) is 54.5 Å². The molecule has 6 rings (SSSR count). The summed E-state index contributed by atoms with van der Waals surface area (Å²) in [6.07, 6.45) is 1.53. The monoisotopic (exact) mass is 554 g/mol. The molecule has 5 aromatic rings. The molecule has 0 N–H and O–H groups in total. The predicted molar refractivity (Wildman–Crippen MR) is 144 cm³/mol. The standard InChI is InChI=1S/C28H23FN8O4/c1-40-28(39)19-8-6-18(7-9-19)16-41-32-26-21-14-20(29)10-11-23(21)37(27(26)38)15-25-31-22-4-2-3-5-24(22)36(25)13-12-35-17-30-33-34-35/h2-11,14,17H,12-13,15-16H2,1H3/b32-26+. The van der Waals surface area contributed by atoms with Gasteiger partial charge in [0.05, 0.1) is 42.5 Å². The van der Waals surface area contributed by atoms with Crippen LogP contribution in [0, 0.1) is 5.82 Å². The second-order valence-electron chi connectivity index (χ2n) is 9.20. The molecule has 0 unspecified atom stereocenters. The largest absolute Gasteiger partial charge is 0.465 e. The number of amides is 1. The van der Waals surface area contributed by atoms with Crippen LogP contribution in [0.4, 0.5) is 10.1 Å². The molecular weight excluding hydrogens is 531 g/mol. The lowest BCUT2D eigenvalue weighted by Crippen LogP contribution is -2.31. The van der Waals surface area contributed by atoms with Crippen LogP contribution in [0.2, 0.25) is 0 Å². The molecular formula is C28H23FN8O4. The van der Waals surface area contributed by atoms with Gasteiger partial charge in [-0.05, 0) is 58.5 Å². The van der Waals surface area contributed by atoms with E-state index in [1.165, 1.54) is 30.5 Å². The molecule has 41 heavy (non-hydrogen) atoms. The number of oxime groups is 1. The van der Waals surface area contributed by atoms with Gasteiger partial charge in [0, 0.05) is 12.1 Å². The molecule has 0 bridgehead atoms. The number of aryl methyl sites for hydroxylation is 2. The number of para-hydroxylation sites is 2. The van der Waals surface area contributed by atoms with E-state index >= 15 is 0 Å². The number of carbonyl (C=O) groups is 2. The number of nitrogens with zero attached hydrogens (tertiary/aromatic N) is 8. The van der Waals surface area contributed by atoms with Crippen molar-refractivity contribution in [2.75, 3.05) is 12.0 Å². The predicted octanol–water partition coefficient (Wildman–Crippen LogP) is 3.12. The van der Waals surface area contributed by atoms with Gasteiger partial charge in [0.2, 0.25) is 0 Å². The lowest BCUT2D eigenvalue weighted by molar-refractivity contribution is -0.112. The molecule has 1 amide bonds. The van der Waals surface area contributed by atoms with Crippen molar-refractivity contribution in [1.29, 1.82) is 0 Å². The van der Waals surface area contributed by atoms with Crippen LogP contribution in [0.15, 0.2) is 78.2 Å². The Balaban J connectivity index is 1.26. The average molecular weight is 555 g/mol. The van der Waals surface area contributed by atoms with Gasteiger partial charge >= 0.3 is 5.97 Å². The van der Waals surface area contributed by atoms with E-state index in [9.17, 15) is 14.0 Å². The zero-order valence-electron chi connectivity index (χ0n) is 21.8. The minimum absolute atomic E-state index is 0.0120. The van der Waals surface area contributed by atoms with Crippen molar-refractivity contribution in [1.82, 2.24) is 29.8 Å². The van der Waals surface area contributed by atoms with Crippen LogP contribution in [0.25, 0.3) is 11.0 Å². The number of fused-ring (bicyclic) bond motifs is 2. The summed E-state index contributed by atoms with van der Waals surface area (Å²) >= 11 is 0. The zero-order chi connectivity index (χ0) is 28.3. The third kappa shape index (κ3) is 5.12. The van der Waals surface area contributed by atoms with E-state index in [1.807, 2.05) is 28.8 Å². The molecule has 0 atom stereocenters. The van der Waals surface area contributed by atoms with Gasteiger partial charge in [0.1, 0.15) is 24.6 Å². The Hall–Kier alpha value is -5.46. The van der Waals surface area contributed by atoms with Crippen molar-refractivity contribution in [3.8, 4) is 0 Å². The summed E-state index contributed by atoms with van der Waals surface area (Å²) in [5, 5.41) is 15.4. The Labute approximate surface area is 232 Å². The van der Waals surface area contributed by atoms with E-state index in [0.717, 1.165) is 16.6 Å². The first-order chi connectivity index (χ1) is 20.0. The molecule has 3 heterocycles. The highest BCUT2D eigenvalue weighted by Crippen LogP contribution is 2.32. The van der Waals surface area contributed by atoms with Crippen LogP contribution in [0.1, 0.15) is 27.3 Å². The topological polar surface area (TPSA) is 130 Å². The molecule has 0 radical (unpaired) electrons. The number of benzene rings is 3. The highest BCUT2D eigenvalue weighted by Gasteiger charge is 2.36. The van der Waals surface area contributed by atoms with Gasteiger partial charge in [-0.25, -0.2) is 18.9 Å². The molecule has 0 spiro atoms. The Morgan fingerprint density at radius 2 is 1.88 bits per heavy atom. The summed E-state index contributed by atoms with van der Waals surface area (Å²) in [5.74, 6) is -0.753. The van der Waals surface area contributed by atoms with Crippen LogP contribution < -0.4 is 4.90 Å². The third-order valence-electron chi connectivity index (χ3n) is 6.69. The lowest BCUT2D eigenvalue weighted by Gasteiger charge is -2.18. The SMILES string of the molecule is COC(=O)c1ccc(CO/N=C2/C(=O)N(Cc3nc4ccccc4n3CCn3cnnn3)c3ccc(F)cc32)cc1. The summed E-state index contributed by atoms with van der Waals surface area (Å²) in [6.45, 7) is 1.17. The zero-order valence-corrected chi connectivity index (χ0v) is 21.8. The second-order valence-corrected chi connectivity index (χ2v) is 9.20. The normalized spacial score (nSPS) is 13.7. The first-order valence-corrected chi connectivity index (χ1v) is 12.7. The Kier molecular flexibility index (Phi) is 6.90. The number of aromatic nitrogens is 6. The van der Waals surface area contributed by atoms with Crippen molar-refractivity contribution >= 4 is 34.3 Å². The number of methoxy groups -OCH3 is 1. The summed E-state index contributed by atoms with van der Waals surface area (Å²) in [5.41, 5.74) is 3.62. The maximum atomic E-state index is 14.3. The number of carbonyl (C=O) groups excluding carboxylic acids is 2. The van der Waals surface area contributed by atoms with E-state index in [0.29, 0.717) is 35.7 Å². The summed E-state index contributed by atoms with van der Waals surface area (Å²) < 4.78 is 22.6. The third-order valence-corrected chi connectivity index (χ3v) is 6.69. The maximum absolute atomic E-state index is 14.3. The van der Waals surface area contributed by atoms with Crippen molar-refractivity contribution in [3.63, 3.8) is 0 Å². The molecule has 0 saturated carbocycles. The van der Waals surface area contributed by atoms with Crippen molar-refractivity contribution in [2.45, 2.75) is 26.2 Å². The summed E-state index contributed by atoms with van der Waals surface area (Å²) in [7, 11) is 1.31. The summed E-state index contributed by atoms with van der Waals surface area (Å²) in [4.78, 5) is 37.1. The number of hydrogen-bond donors (Lipinski definition) is 0. The smallest absolute Gasteiger partial charge is 0.337 e. The van der Waals surface area contributed by atoms with Gasteiger partial charge in [-0.2, -0.15) is 0 Å². The Bertz CT molecular complexity index is 1770. The molecule has 1 aliphatic rings. The van der Waals surface area contributed by atoms with E-state index in [-0.39, 0.29) is 18.9 Å². The fourth-order valence-corrected chi connectivity index (χ4v) is 4.68. The van der Waals surface area contributed by atoms with Crippen LogP contribution in [0.5, 0.6) is 0 Å². The van der Waals surface area contributed by atoms with Gasteiger partial charge in [-0.1, -0.05) is 29.4 Å². The van der Waals surface area contributed by atoms with Crippen LogP contribution in [-0.2, 0) is 40.6 Å². The van der Waals surface area contributed by atoms with Crippen LogP contribution >= 0.6 is 0 Å². The number of anilines is 1. The molecule has 2 aromatic heterocycles. The van der Waals surface area contributed by atoms with E-state index in [2.05, 4.69) is 20.7 Å². The number of imidazole rings is 1. The van der Waals surface area contributed by atoms with Gasteiger partial charge in [0.25, 0.3) is 5.91 Å². The molecule has 3 aromatic carbocycles. The minimum Gasteiger partial charge on any atom is -0.465 e. The van der Waals surface area contributed by atoms with Gasteiger partial charge in [-0.15, -0.1) is 5.10 Å². The maximum Gasteiger partial charge on any atom is 0.337 e. The Morgan fingerprint density at radius 3 is 2.66 bits per heavy atom. The molecule has 0 fully saturated rings. The van der Waals surface area contributed by atoms with Crippen molar-refractivity contribution < 1.29 is 23.6 Å². The highest BCUT2D eigenvalue weighted by atomic mass is 19.1. The van der Waals surface area contributed by atoms with E-state index in [1.54, 1.807) is 35.0 Å². The number of halogens is 1. The average Bonchev–Trinajstić information content (AvgIpc) is 3.70. The van der Waals surface area contributed by atoms with Crippen LogP contribution in [0.3, 0.4) is 0 Å². The van der Waals surface area contributed by atoms with E-state index < -0.39 is 17.7 Å². The van der Waals surface area contributed by atoms with Gasteiger partial charge in [-0.3, -0.25) is 9.69 Å². The van der Waals surface area contributed by atoms with Crippen molar-refractivity contribution in [3.05, 3.63) is 101 Å². The molecule has 12 nitrogen and oxygen atoms in total. The highest BCUT2D eigenvalue weighted by molar-refractivity contribution is 6.54. The fourth-order valence-electron chi connectivity index (χ4n) is 4.68. The number of rotatable bonds is 9. The molecule has 0 saturated heterocycles. The first kappa shape index (κ1) is 25.8. The molecule has 0 aliphatic carbocycles. The number of hydrogen-bond acceptors (Lipinski definition) is 9. The number of esters is 1. The van der Waals surface area contributed by atoms with E-state index in [4.69, 9.17) is 14.6 Å². The Morgan fingerprint density at radius 1 is 1.05 bits per heavy atom. The minimum atomic E-state index is -0.502. The molecule has 1 aliphatic heterocycles. The molecule has 13 heteroatoms. The number of tetrazole rings is 1. The van der Waals surface area contributed by atoms with Gasteiger partial charge in [0.15, 0.2) is 5.71 Å². The quantitative estimate of drug-likeness (QED) is 0.201. The number of ether oxygens (including phenoxy) is 1. The second kappa shape index (κ2) is 11.0. The molecule has 206 valence electrons.